The van der Waals surface area contributed by atoms with E-state index < -0.39 is 55.2 Å². The van der Waals surface area contributed by atoms with Crippen LogP contribution in [0.15, 0.2) is 0 Å². The van der Waals surface area contributed by atoms with E-state index in [1.165, 1.54) is 0 Å². The Morgan fingerprint density at radius 2 is 0.980 bits per heavy atom. The number of hydrogen-bond donors (Lipinski definition) is 7. The van der Waals surface area contributed by atoms with Crippen molar-refractivity contribution in [2.75, 3.05) is 91.8 Å². The Kier molecular flexibility index (Phi) is 24.7. The summed E-state index contributed by atoms with van der Waals surface area (Å²) in [6.45, 7) is 4.95. The summed E-state index contributed by atoms with van der Waals surface area (Å²) in [5, 5.41) is 67.2. The number of aliphatic hydroxyl groups excluding tert-OH is 4. The van der Waals surface area contributed by atoms with E-state index in [0.717, 1.165) is 70.9 Å². The largest absolute Gasteiger partial charge is 0.480 e. The van der Waals surface area contributed by atoms with Crippen LogP contribution in [0, 0.1) is 0 Å². The number of carboxylic acids is 3. The van der Waals surface area contributed by atoms with Crippen molar-refractivity contribution in [1.82, 2.24) is 19.6 Å². The maximum atomic E-state index is 11.5. The van der Waals surface area contributed by atoms with Crippen LogP contribution in [-0.4, -0.2) is 196 Å². The van der Waals surface area contributed by atoms with Gasteiger partial charge in [0.05, 0.1) is 26.2 Å². The SMILES string of the molecule is O=C(O)CN1CCCN(CC(=O)O)CCN(CC(=O)O)CCCN(CCCCCCCCCCO[C@@H]2OC(CO)[C@@H](O)[C@H](O)C2O)CC1.[103Pd]. The number of unbranched alkanes of at least 4 members (excludes halogenated alkanes) is 7. The van der Waals surface area contributed by atoms with Gasteiger partial charge in [-0.1, -0.05) is 38.5 Å². The summed E-state index contributed by atoms with van der Waals surface area (Å²) in [6, 6.07) is 0. The van der Waals surface area contributed by atoms with Gasteiger partial charge in [0.2, 0.25) is 0 Å². The summed E-state index contributed by atoms with van der Waals surface area (Å²) in [5.74, 6) is -2.75. The van der Waals surface area contributed by atoms with Gasteiger partial charge in [-0.05, 0) is 38.8 Å². The molecule has 0 radical (unpaired) electrons. The molecule has 2 heterocycles. The zero-order valence-corrected chi connectivity index (χ0v) is 30.2. The maximum Gasteiger partial charge on any atom is 0.317 e. The van der Waals surface area contributed by atoms with E-state index in [1.807, 2.05) is 9.80 Å². The number of aliphatic hydroxyl groups is 4. The van der Waals surface area contributed by atoms with Crippen molar-refractivity contribution in [3.63, 3.8) is 0 Å². The number of carbonyl (C=O) groups is 3. The zero-order valence-electron chi connectivity index (χ0n) is 28.6. The van der Waals surface area contributed by atoms with Crippen molar-refractivity contribution in [2.45, 2.75) is 94.9 Å². The van der Waals surface area contributed by atoms with E-state index in [0.29, 0.717) is 58.8 Å². The summed E-state index contributed by atoms with van der Waals surface area (Å²) in [5.41, 5.74) is 0. The van der Waals surface area contributed by atoms with Gasteiger partial charge >= 0.3 is 17.9 Å². The van der Waals surface area contributed by atoms with Gasteiger partial charge in [0.15, 0.2) is 6.29 Å². The van der Waals surface area contributed by atoms with Crippen molar-refractivity contribution in [2.24, 2.45) is 0 Å². The second-order valence-corrected chi connectivity index (χ2v) is 13.0. The van der Waals surface area contributed by atoms with E-state index in [2.05, 4.69) is 4.90 Å². The standard InChI is InChI=1S/C32H60N4O12.Pd/c37-24-25-29(44)30(45)31(46)32(48-25)47-20-8-6-4-2-1-3-5-7-11-33-12-9-13-35(22-27(40)41)18-19-36(23-28(42)43)15-10-14-34(17-16-33)21-26(38)39;/h25,29-32,37,44-46H,1-24H2,(H,38,39)(H,40,41)(H,42,43);/t25?,29-,30+,31?,32-;/m1./s1/i;1-3. The van der Waals surface area contributed by atoms with Gasteiger partial charge in [-0.2, -0.15) is 0 Å². The quantitative estimate of drug-likeness (QED) is 0.0627. The molecule has 17 heteroatoms. The van der Waals surface area contributed by atoms with Gasteiger partial charge in [0, 0.05) is 72.8 Å². The minimum atomic E-state index is -1.44. The molecule has 0 aromatic heterocycles. The number of rotatable bonds is 19. The molecule has 7 N–H and O–H groups in total. The summed E-state index contributed by atoms with van der Waals surface area (Å²) < 4.78 is 10.9. The molecule has 5 atom stereocenters. The van der Waals surface area contributed by atoms with Crippen molar-refractivity contribution in [3.05, 3.63) is 0 Å². The fourth-order valence-electron chi connectivity index (χ4n) is 6.22. The van der Waals surface area contributed by atoms with Crippen LogP contribution in [0.5, 0.6) is 0 Å². The molecule has 2 fully saturated rings. The molecular formula is C32H60N4O12Pd. The second kappa shape index (κ2) is 26.4. The average Bonchev–Trinajstić information content (AvgIpc) is 3.02. The summed E-state index contributed by atoms with van der Waals surface area (Å²) in [6.07, 6.45) is 3.16. The molecule has 0 aromatic carbocycles. The van der Waals surface area contributed by atoms with Crippen LogP contribution >= 0.6 is 0 Å². The third-order valence-corrected chi connectivity index (χ3v) is 8.94. The van der Waals surface area contributed by atoms with Crippen LogP contribution < -0.4 is 0 Å². The molecule has 0 aromatic rings. The van der Waals surface area contributed by atoms with E-state index in [4.69, 9.17) is 9.47 Å². The van der Waals surface area contributed by atoms with Gasteiger partial charge in [-0.15, -0.1) is 0 Å². The van der Waals surface area contributed by atoms with Crippen LogP contribution in [0.25, 0.3) is 0 Å². The molecular weight excluding hydrogens is 735 g/mol. The Balaban J connectivity index is 0.0000120. The van der Waals surface area contributed by atoms with Gasteiger partial charge in [-0.25, -0.2) is 0 Å². The summed E-state index contributed by atoms with van der Waals surface area (Å²) in [4.78, 5) is 42.2. The fraction of sp³-hybridized carbons (Fsp3) is 0.906. The van der Waals surface area contributed by atoms with E-state index in [-0.39, 0.29) is 40.1 Å². The molecule has 2 saturated heterocycles. The summed E-state index contributed by atoms with van der Waals surface area (Å²) in [7, 11) is 0. The van der Waals surface area contributed by atoms with Gasteiger partial charge in [0.1, 0.15) is 24.4 Å². The Morgan fingerprint density at radius 1 is 0.571 bits per heavy atom. The first-order valence-electron chi connectivity index (χ1n) is 17.5. The molecule has 49 heavy (non-hydrogen) atoms. The first-order chi connectivity index (χ1) is 23.0. The molecule has 0 spiro atoms. The number of ether oxygens (including phenoxy) is 2. The Bertz CT molecular complexity index is 923. The monoisotopic (exact) mass is 795 g/mol. The first-order valence-corrected chi connectivity index (χ1v) is 17.5. The predicted molar refractivity (Wildman–Crippen MR) is 175 cm³/mol. The van der Waals surface area contributed by atoms with Crippen LogP contribution in [0.1, 0.15) is 64.2 Å². The first kappa shape index (κ1) is 45.7. The number of hydrogen-bond acceptors (Lipinski definition) is 13. The third kappa shape index (κ3) is 19.8. The minimum Gasteiger partial charge on any atom is -0.480 e. The van der Waals surface area contributed by atoms with E-state index in [1.54, 1.807) is 4.90 Å². The second-order valence-electron chi connectivity index (χ2n) is 13.0. The Labute approximate surface area is 303 Å². The fourth-order valence-corrected chi connectivity index (χ4v) is 6.22. The number of carboxylic acid groups (broad SMARTS) is 3. The average molecular weight is 796 g/mol. The zero-order chi connectivity index (χ0) is 35.3. The molecule has 290 valence electrons. The van der Waals surface area contributed by atoms with Crippen molar-refractivity contribution < 1.29 is 80.0 Å². The molecule has 0 amide bonds. The van der Waals surface area contributed by atoms with E-state index >= 15 is 0 Å². The Hall–Kier alpha value is -1.33. The van der Waals surface area contributed by atoms with E-state index in [9.17, 15) is 50.1 Å². The molecule has 2 aliphatic rings. The van der Waals surface area contributed by atoms with Gasteiger partial charge < -0.3 is 50.1 Å². The molecule has 0 bridgehead atoms. The van der Waals surface area contributed by atoms with Crippen LogP contribution in [-0.2, 0) is 44.3 Å². The smallest absolute Gasteiger partial charge is 0.317 e. The van der Waals surface area contributed by atoms with Crippen LogP contribution in [0.4, 0.5) is 0 Å². The predicted octanol–water partition coefficient (Wildman–Crippen LogP) is -0.823. The Morgan fingerprint density at radius 3 is 1.43 bits per heavy atom. The van der Waals surface area contributed by atoms with Gasteiger partial charge in [-0.3, -0.25) is 29.1 Å². The van der Waals surface area contributed by atoms with Crippen LogP contribution in [0.2, 0.25) is 0 Å². The third-order valence-electron chi connectivity index (χ3n) is 8.94. The molecule has 2 aliphatic heterocycles. The molecule has 0 aliphatic carbocycles. The number of aliphatic carboxylic acids is 3. The van der Waals surface area contributed by atoms with Gasteiger partial charge in [0.25, 0.3) is 0 Å². The van der Waals surface area contributed by atoms with Crippen molar-refractivity contribution in [1.29, 1.82) is 0 Å². The van der Waals surface area contributed by atoms with Crippen LogP contribution in [0.3, 0.4) is 0 Å². The molecule has 2 unspecified atom stereocenters. The summed E-state index contributed by atoms with van der Waals surface area (Å²) >= 11 is 0. The van der Waals surface area contributed by atoms with Crippen molar-refractivity contribution in [3.8, 4) is 0 Å². The van der Waals surface area contributed by atoms with Crippen molar-refractivity contribution >= 4 is 17.9 Å². The number of nitrogens with zero attached hydrogens (tertiary/aromatic N) is 4. The molecule has 0 saturated carbocycles. The normalized spacial score (nSPS) is 26.1. The minimum absolute atomic E-state index is 0. The topological polar surface area (TPSA) is 224 Å². The molecule has 16 nitrogen and oxygen atoms in total. The molecule has 2 rings (SSSR count). The maximum absolute atomic E-state index is 11.5.